The van der Waals surface area contributed by atoms with Crippen molar-refractivity contribution in [3.8, 4) is 0 Å². The normalized spacial score (nSPS) is 19.4. The van der Waals surface area contributed by atoms with Crippen LogP contribution in [-0.2, 0) is 32.1 Å². The molecule has 0 bridgehead atoms. The second-order valence-corrected chi connectivity index (χ2v) is 10.7. The lowest BCUT2D eigenvalue weighted by Crippen LogP contribution is -2.52. The lowest BCUT2D eigenvalue weighted by atomic mass is 9.85. The molecule has 1 saturated heterocycles. The van der Waals surface area contributed by atoms with E-state index in [0.717, 1.165) is 11.1 Å². The SMILES string of the molecule is CC(C)NC(=O)[C@H](Cc1ccccc1)N(Cc1ccc(Cl)cc1)C(=O)CCN1C(=O)[C@H]2CC=CC[C@H]2C1=O. The largest absolute Gasteiger partial charge is 0.352 e. The first-order valence-corrected chi connectivity index (χ1v) is 13.5. The fourth-order valence-corrected chi connectivity index (χ4v) is 5.29. The Hall–Kier alpha value is -3.45. The molecule has 0 spiro atoms. The molecule has 1 heterocycles. The van der Waals surface area contributed by atoms with Gasteiger partial charge in [-0.05, 0) is 49.9 Å². The van der Waals surface area contributed by atoms with Crippen molar-refractivity contribution in [3.63, 3.8) is 0 Å². The minimum absolute atomic E-state index is 0.00444. The zero-order valence-corrected chi connectivity index (χ0v) is 22.6. The van der Waals surface area contributed by atoms with Crippen molar-refractivity contribution in [3.05, 3.63) is 82.9 Å². The molecule has 0 saturated carbocycles. The second-order valence-electron chi connectivity index (χ2n) is 10.3. The van der Waals surface area contributed by atoms with Crippen LogP contribution in [0, 0.1) is 11.8 Å². The maximum atomic E-state index is 13.8. The first kappa shape index (κ1) is 27.6. The molecule has 1 aliphatic carbocycles. The van der Waals surface area contributed by atoms with Crippen LogP contribution in [0.25, 0.3) is 0 Å². The van der Waals surface area contributed by atoms with E-state index in [1.165, 1.54) is 4.90 Å². The van der Waals surface area contributed by atoms with E-state index in [9.17, 15) is 19.2 Å². The fourth-order valence-electron chi connectivity index (χ4n) is 5.16. The lowest BCUT2D eigenvalue weighted by molar-refractivity contribution is -0.144. The maximum absolute atomic E-state index is 13.8. The molecule has 3 atom stereocenters. The summed E-state index contributed by atoms with van der Waals surface area (Å²) in [6, 6.07) is 15.8. The van der Waals surface area contributed by atoms with E-state index < -0.39 is 6.04 Å². The van der Waals surface area contributed by atoms with Crippen molar-refractivity contribution in [2.24, 2.45) is 11.8 Å². The number of benzene rings is 2. The van der Waals surface area contributed by atoms with E-state index >= 15 is 0 Å². The van der Waals surface area contributed by atoms with Crippen molar-refractivity contribution in [2.75, 3.05) is 6.54 Å². The number of likely N-dealkylation sites (tertiary alicyclic amines) is 1. The van der Waals surface area contributed by atoms with Crippen molar-refractivity contribution >= 4 is 35.2 Å². The molecule has 1 fully saturated rings. The van der Waals surface area contributed by atoms with Gasteiger partial charge in [0.15, 0.2) is 0 Å². The van der Waals surface area contributed by atoms with Crippen LogP contribution in [0.1, 0.15) is 44.2 Å². The Bertz CT molecular complexity index is 1170. The summed E-state index contributed by atoms with van der Waals surface area (Å²) in [7, 11) is 0. The second kappa shape index (κ2) is 12.4. The lowest BCUT2D eigenvalue weighted by Gasteiger charge is -2.32. The van der Waals surface area contributed by atoms with Gasteiger partial charge < -0.3 is 10.2 Å². The molecule has 200 valence electrons. The van der Waals surface area contributed by atoms with Gasteiger partial charge in [-0.1, -0.05) is 66.2 Å². The molecule has 0 unspecified atom stereocenters. The zero-order valence-electron chi connectivity index (χ0n) is 21.8. The summed E-state index contributed by atoms with van der Waals surface area (Å²) >= 11 is 6.07. The van der Waals surface area contributed by atoms with Crippen molar-refractivity contribution in [1.82, 2.24) is 15.1 Å². The van der Waals surface area contributed by atoms with Gasteiger partial charge in [0.1, 0.15) is 6.04 Å². The Labute approximate surface area is 228 Å². The molecule has 1 N–H and O–H groups in total. The summed E-state index contributed by atoms with van der Waals surface area (Å²) in [5, 5.41) is 3.53. The maximum Gasteiger partial charge on any atom is 0.243 e. The number of halogens is 1. The molecule has 1 aliphatic heterocycles. The van der Waals surface area contributed by atoms with Crippen LogP contribution in [-0.4, -0.2) is 52.1 Å². The first-order chi connectivity index (χ1) is 18.2. The number of carbonyl (C=O) groups is 4. The van der Waals surface area contributed by atoms with Gasteiger partial charge in [-0.15, -0.1) is 0 Å². The van der Waals surface area contributed by atoms with Gasteiger partial charge in [0, 0.05) is 37.0 Å². The monoisotopic (exact) mass is 535 g/mol. The molecule has 0 radical (unpaired) electrons. The number of nitrogens with one attached hydrogen (secondary N) is 1. The van der Waals surface area contributed by atoms with Gasteiger partial charge in [-0.3, -0.25) is 24.1 Å². The number of hydrogen-bond donors (Lipinski definition) is 1. The van der Waals surface area contributed by atoms with Gasteiger partial charge in [-0.25, -0.2) is 0 Å². The quantitative estimate of drug-likeness (QED) is 0.366. The molecule has 7 nitrogen and oxygen atoms in total. The molecule has 4 rings (SSSR count). The number of carbonyl (C=O) groups excluding carboxylic acids is 4. The topological polar surface area (TPSA) is 86.8 Å². The van der Waals surface area contributed by atoms with Crippen LogP contribution in [0.4, 0.5) is 0 Å². The Morgan fingerprint density at radius 1 is 0.947 bits per heavy atom. The molecule has 4 amide bonds. The van der Waals surface area contributed by atoms with Crippen LogP contribution in [0.15, 0.2) is 66.7 Å². The van der Waals surface area contributed by atoms with E-state index in [0.29, 0.717) is 24.3 Å². The number of amides is 4. The fraction of sp³-hybridized carbons (Fsp3) is 0.400. The Morgan fingerprint density at radius 3 is 2.13 bits per heavy atom. The summed E-state index contributed by atoms with van der Waals surface area (Å²) in [6.07, 6.45) is 5.26. The van der Waals surface area contributed by atoms with Crippen LogP contribution < -0.4 is 5.32 Å². The Morgan fingerprint density at radius 2 is 1.55 bits per heavy atom. The predicted molar refractivity (Wildman–Crippen MR) is 146 cm³/mol. The third-order valence-electron chi connectivity index (χ3n) is 7.12. The Kier molecular flexibility index (Phi) is 9.00. The number of rotatable bonds is 10. The molecule has 8 heteroatoms. The summed E-state index contributed by atoms with van der Waals surface area (Å²) < 4.78 is 0. The number of fused-ring (bicyclic) bond motifs is 1. The van der Waals surface area contributed by atoms with Crippen molar-refractivity contribution in [2.45, 2.75) is 58.2 Å². The van der Waals surface area contributed by atoms with Gasteiger partial charge in [-0.2, -0.15) is 0 Å². The third-order valence-corrected chi connectivity index (χ3v) is 7.37. The highest BCUT2D eigenvalue weighted by Gasteiger charge is 2.47. The molecular weight excluding hydrogens is 502 g/mol. The van der Waals surface area contributed by atoms with E-state index in [2.05, 4.69) is 5.32 Å². The van der Waals surface area contributed by atoms with E-state index in [4.69, 9.17) is 11.6 Å². The van der Waals surface area contributed by atoms with Gasteiger partial charge >= 0.3 is 0 Å². The number of hydrogen-bond acceptors (Lipinski definition) is 4. The van der Waals surface area contributed by atoms with E-state index in [1.807, 2.05) is 68.5 Å². The van der Waals surface area contributed by atoms with Crippen LogP contribution >= 0.6 is 11.6 Å². The number of allylic oxidation sites excluding steroid dienone is 2. The smallest absolute Gasteiger partial charge is 0.243 e. The zero-order chi connectivity index (χ0) is 27.2. The summed E-state index contributed by atoms with van der Waals surface area (Å²) in [6.45, 7) is 3.95. The third kappa shape index (κ3) is 6.51. The average Bonchev–Trinajstić information content (AvgIpc) is 3.15. The molecule has 2 aromatic rings. The average molecular weight is 536 g/mol. The van der Waals surface area contributed by atoms with Crippen LogP contribution in [0.5, 0.6) is 0 Å². The minimum Gasteiger partial charge on any atom is -0.352 e. The van der Waals surface area contributed by atoms with E-state index in [-0.39, 0.29) is 61.0 Å². The van der Waals surface area contributed by atoms with Crippen molar-refractivity contribution in [1.29, 1.82) is 0 Å². The Balaban J connectivity index is 1.58. The highest BCUT2D eigenvalue weighted by molar-refractivity contribution is 6.30. The van der Waals surface area contributed by atoms with Gasteiger partial charge in [0.25, 0.3) is 0 Å². The molecule has 2 aliphatic rings. The van der Waals surface area contributed by atoms with Crippen LogP contribution in [0.2, 0.25) is 5.02 Å². The first-order valence-electron chi connectivity index (χ1n) is 13.1. The molecule has 2 aromatic carbocycles. The summed E-state index contributed by atoms with van der Waals surface area (Å²) in [5.74, 6) is -1.64. The minimum atomic E-state index is -0.778. The molecule has 0 aromatic heterocycles. The van der Waals surface area contributed by atoms with Gasteiger partial charge in [0.2, 0.25) is 23.6 Å². The van der Waals surface area contributed by atoms with Crippen molar-refractivity contribution < 1.29 is 19.2 Å². The van der Waals surface area contributed by atoms with E-state index in [1.54, 1.807) is 17.0 Å². The van der Waals surface area contributed by atoms with Gasteiger partial charge in [0.05, 0.1) is 11.8 Å². The highest BCUT2D eigenvalue weighted by Crippen LogP contribution is 2.35. The summed E-state index contributed by atoms with van der Waals surface area (Å²) in [5.41, 5.74) is 1.75. The summed E-state index contributed by atoms with van der Waals surface area (Å²) in [4.78, 5) is 55.9. The predicted octanol–water partition coefficient (Wildman–Crippen LogP) is 4.15. The molecule has 38 heavy (non-hydrogen) atoms. The number of nitrogens with zero attached hydrogens (tertiary/aromatic N) is 2. The highest BCUT2D eigenvalue weighted by atomic mass is 35.5. The molecular formula is C30H34ClN3O4. The van der Waals surface area contributed by atoms with Crippen LogP contribution in [0.3, 0.4) is 0 Å². The standard InChI is InChI=1S/C30H34ClN3O4/c1-20(2)32-28(36)26(18-21-8-4-3-5-9-21)34(19-22-12-14-23(31)15-13-22)27(35)16-17-33-29(37)24-10-6-7-11-25(24)30(33)38/h3-9,12-15,20,24-26H,10-11,16-19H2,1-2H3,(H,32,36)/t24-,25+,26-/m0/s1. The number of imide groups is 1.